The van der Waals surface area contributed by atoms with Crippen LogP contribution < -0.4 is 10.5 Å². The van der Waals surface area contributed by atoms with E-state index in [-0.39, 0.29) is 23.6 Å². The van der Waals surface area contributed by atoms with Crippen LogP contribution in [0.5, 0.6) is 11.6 Å². The summed E-state index contributed by atoms with van der Waals surface area (Å²) in [6.07, 6.45) is -4.65. The quantitative estimate of drug-likeness (QED) is 0.873. The SMILES string of the molecule is Cn1nc(Oc2cccc(C(=O)CN)c2)c(Cl)c1C(F)(F)F. The smallest absolute Gasteiger partial charge is 0.434 e. The molecule has 0 aliphatic carbocycles. The Morgan fingerprint density at radius 2 is 2.14 bits per heavy atom. The van der Waals surface area contributed by atoms with Crippen molar-refractivity contribution in [3.8, 4) is 11.6 Å². The average molecular weight is 334 g/mol. The number of aryl methyl sites for hydroxylation is 1. The zero-order chi connectivity index (χ0) is 16.5. The highest BCUT2D eigenvalue weighted by Crippen LogP contribution is 2.40. The molecule has 1 aromatic carbocycles. The summed E-state index contributed by atoms with van der Waals surface area (Å²) in [6.45, 7) is -0.188. The van der Waals surface area contributed by atoms with Crippen molar-refractivity contribution in [1.82, 2.24) is 9.78 Å². The Bertz CT molecular complexity index is 713. The van der Waals surface area contributed by atoms with Crippen molar-refractivity contribution in [1.29, 1.82) is 0 Å². The molecule has 22 heavy (non-hydrogen) atoms. The van der Waals surface area contributed by atoms with Gasteiger partial charge in [-0.25, -0.2) is 0 Å². The molecule has 0 amide bonds. The highest BCUT2D eigenvalue weighted by Gasteiger charge is 2.39. The van der Waals surface area contributed by atoms with Crippen LogP contribution in [0.4, 0.5) is 13.2 Å². The molecule has 1 heterocycles. The third kappa shape index (κ3) is 3.23. The number of alkyl halides is 3. The van der Waals surface area contributed by atoms with Gasteiger partial charge in [-0.15, -0.1) is 5.10 Å². The van der Waals surface area contributed by atoms with E-state index < -0.39 is 22.8 Å². The number of carbonyl (C=O) groups is 1. The van der Waals surface area contributed by atoms with E-state index in [4.69, 9.17) is 22.1 Å². The number of Topliss-reactive ketones (excluding diaryl/α,β-unsaturated/α-hetero) is 1. The summed E-state index contributed by atoms with van der Waals surface area (Å²) in [7, 11) is 1.11. The molecule has 118 valence electrons. The van der Waals surface area contributed by atoms with E-state index in [1.165, 1.54) is 24.3 Å². The summed E-state index contributed by atoms with van der Waals surface area (Å²) in [5, 5.41) is 2.95. The molecule has 0 unspecified atom stereocenters. The molecule has 0 fully saturated rings. The third-order valence-corrected chi connectivity index (χ3v) is 3.13. The van der Waals surface area contributed by atoms with Crippen LogP contribution in [-0.2, 0) is 13.2 Å². The van der Waals surface area contributed by atoms with Crippen molar-refractivity contribution < 1.29 is 22.7 Å². The molecule has 0 saturated heterocycles. The molecule has 0 aliphatic heterocycles. The van der Waals surface area contributed by atoms with Crippen molar-refractivity contribution in [2.45, 2.75) is 6.18 Å². The van der Waals surface area contributed by atoms with Crippen LogP contribution in [0.3, 0.4) is 0 Å². The van der Waals surface area contributed by atoms with Crippen molar-refractivity contribution in [3.63, 3.8) is 0 Å². The lowest BCUT2D eigenvalue weighted by Gasteiger charge is -2.06. The number of halogens is 4. The number of benzene rings is 1. The Balaban J connectivity index is 2.35. The van der Waals surface area contributed by atoms with Gasteiger partial charge in [-0.1, -0.05) is 23.7 Å². The Morgan fingerprint density at radius 3 is 2.68 bits per heavy atom. The Labute approximate surface area is 128 Å². The van der Waals surface area contributed by atoms with Gasteiger partial charge in [0.25, 0.3) is 5.88 Å². The predicted octanol–water partition coefficient (Wildman–Crippen LogP) is 3.03. The molecule has 0 aliphatic rings. The first kappa shape index (κ1) is 16.3. The van der Waals surface area contributed by atoms with Crippen LogP contribution in [0, 0.1) is 0 Å². The monoisotopic (exact) mass is 333 g/mol. The summed E-state index contributed by atoms with van der Waals surface area (Å²) < 4.78 is 44.3. The Morgan fingerprint density at radius 1 is 1.45 bits per heavy atom. The molecule has 0 radical (unpaired) electrons. The van der Waals surface area contributed by atoms with Crippen molar-refractivity contribution in [2.24, 2.45) is 12.8 Å². The van der Waals surface area contributed by atoms with Crippen LogP contribution in [-0.4, -0.2) is 22.1 Å². The number of rotatable bonds is 4. The fourth-order valence-electron chi connectivity index (χ4n) is 1.81. The first-order chi connectivity index (χ1) is 10.2. The number of nitrogens with zero attached hydrogens (tertiary/aromatic N) is 2. The van der Waals surface area contributed by atoms with E-state index in [2.05, 4.69) is 5.10 Å². The second kappa shape index (κ2) is 5.98. The van der Waals surface area contributed by atoms with E-state index in [0.29, 0.717) is 4.68 Å². The lowest BCUT2D eigenvalue weighted by atomic mass is 10.1. The summed E-state index contributed by atoms with van der Waals surface area (Å²) >= 11 is 5.68. The van der Waals surface area contributed by atoms with Gasteiger partial charge < -0.3 is 10.5 Å². The highest BCUT2D eigenvalue weighted by molar-refractivity contribution is 6.32. The lowest BCUT2D eigenvalue weighted by Crippen LogP contribution is -2.13. The first-order valence-corrected chi connectivity index (χ1v) is 6.42. The third-order valence-electron chi connectivity index (χ3n) is 2.78. The van der Waals surface area contributed by atoms with E-state index in [0.717, 1.165) is 7.05 Å². The molecule has 9 heteroatoms. The van der Waals surface area contributed by atoms with Gasteiger partial charge in [-0.05, 0) is 12.1 Å². The van der Waals surface area contributed by atoms with Crippen LogP contribution in [0.1, 0.15) is 16.1 Å². The minimum Gasteiger partial charge on any atom is -0.436 e. The van der Waals surface area contributed by atoms with E-state index in [1.807, 2.05) is 0 Å². The van der Waals surface area contributed by atoms with Gasteiger partial charge in [0.15, 0.2) is 11.5 Å². The van der Waals surface area contributed by atoms with E-state index in [9.17, 15) is 18.0 Å². The molecule has 0 bridgehead atoms. The number of aromatic nitrogens is 2. The second-order valence-electron chi connectivity index (χ2n) is 4.35. The number of nitrogens with two attached hydrogens (primary N) is 1. The molecular weight excluding hydrogens is 323 g/mol. The fourth-order valence-corrected chi connectivity index (χ4v) is 2.11. The van der Waals surface area contributed by atoms with Crippen molar-refractivity contribution in [2.75, 3.05) is 6.54 Å². The molecule has 5 nitrogen and oxygen atoms in total. The normalized spacial score (nSPS) is 11.5. The summed E-state index contributed by atoms with van der Waals surface area (Å²) in [4.78, 5) is 11.5. The van der Waals surface area contributed by atoms with Gasteiger partial charge in [-0.3, -0.25) is 9.48 Å². The van der Waals surface area contributed by atoms with Gasteiger partial charge in [0.05, 0.1) is 6.54 Å². The second-order valence-corrected chi connectivity index (χ2v) is 4.72. The molecule has 2 aromatic rings. The number of hydrogen-bond donors (Lipinski definition) is 1. The molecule has 0 atom stereocenters. The van der Waals surface area contributed by atoms with Gasteiger partial charge in [0.2, 0.25) is 0 Å². The number of hydrogen-bond acceptors (Lipinski definition) is 4. The maximum Gasteiger partial charge on any atom is 0.434 e. The average Bonchev–Trinajstić information content (AvgIpc) is 2.72. The molecule has 0 saturated carbocycles. The van der Waals surface area contributed by atoms with Crippen LogP contribution in [0.2, 0.25) is 5.02 Å². The van der Waals surface area contributed by atoms with E-state index in [1.54, 1.807) is 0 Å². The minimum absolute atomic E-state index is 0.132. The molecule has 1 aromatic heterocycles. The zero-order valence-corrected chi connectivity index (χ0v) is 12.1. The molecule has 2 rings (SSSR count). The maximum absolute atomic E-state index is 12.8. The predicted molar refractivity (Wildman–Crippen MR) is 73.1 cm³/mol. The van der Waals surface area contributed by atoms with Gasteiger partial charge in [-0.2, -0.15) is 13.2 Å². The number of ether oxygens (including phenoxy) is 1. The zero-order valence-electron chi connectivity index (χ0n) is 11.3. The number of ketones is 1. The van der Waals surface area contributed by atoms with Gasteiger partial charge in [0, 0.05) is 12.6 Å². The molecule has 0 spiro atoms. The lowest BCUT2D eigenvalue weighted by molar-refractivity contribution is -0.143. The van der Waals surface area contributed by atoms with Crippen LogP contribution in [0.25, 0.3) is 0 Å². The van der Waals surface area contributed by atoms with Crippen LogP contribution >= 0.6 is 11.6 Å². The minimum atomic E-state index is -4.65. The van der Waals surface area contributed by atoms with Gasteiger partial charge >= 0.3 is 6.18 Å². The summed E-state index contributed by atoms with van der Waals surface area (Å²) in [5.41, 5.74) is 4.42. The molecular formula is C13H11ClF3N3O2. The Hall–Kier alpha value is -2.06. The van der Waals surface area contributed by atoms with Crippen molar-refractivity contribution >= 4 is 17.4 Å². The Kier molecular flexibility index (Phi) is 4.43. The van der Waals surface area contributed by atoms with Crippen LogP contribution in [0.15, 0.2) is 24.3 Å². The van der Waals surface area contributed by atoms with Crippen molar-refractivity contribution in [3.05, 3.63) is 40.5 Å². The topological polar surface area (TPSA) is 70.1 Å². The first-order valence-electron chi connectivity index (χ1n) is 6.05. The maximum atomic E-state index is 12.8. The highest BCUT2D eigenvalue weighted by atomic mass is 35.5. The van der Waals surface area contributed by atoms with E-state index >= 15 is 0 Å². The number of carbonyl (C=O) groups excluding carboxylic acids is 1. The standard InChI is InChI=1S/C13H11ClF3N3O2/c1-20-11(13(15,16)17)10(14)12(19-20)22-8-4-2-3-7(5-8)9(21)6-18/h2-5H,6,18H2,1H3. The molecule has 2 N–H and O–H groups in total. The summed E-state index contributed by atoms with van der Waals surface area (Å²) in [6, 6.07) is 5.85. The fraction of sp³-hybridized carbons (Fsp3) is 0.231. The van der Waals surface area contributed by atoms with Gasteiger partial charge in [0.1, 0.15) is 10.8 Å². The largest absolute Gasteiger partial charge is 0.436 e. The summed E-state index contributed by atoms with van der Waals surface area (Å²) in [5.74, 6) is -0.588.